The number of rotatable bonds is 6. The quantitative estimate of drug-likeness (QED) is 0.115. The first-order valence-corrected chi connectivity index (χ1v) is 13.4. The average Bonchev–Trinajstić information content (AvgIpc) is 2.74. The van der Waals surface area contributed by atoms with Gasteiger partial charge in [-0.25, -0.2) is 9.59 Å². The van der Waals surface area contributed by atoms with Gasteiger partial charge in [-0.15, -0.1) is 0 Å². The van der Waals surface area contributed by atoms with Crippen LogP contribution in [0.3, 0.4) is 0 Å². The monoisotopic (exact) mass is 814 g/mol. The smallest absolute Gasteiger partial charge is 0.402 e. The fraction of sp³-hybridized carbons (Fsp3) is 0.100. The van der Waals surface area contributed by atoms with Crippen molar-refractivity contribution in [1.82, 2.24) is 0 Å². The molecule has 0 saturated carbocycles. The van der Waals surface area contributed by atoms with Gasteiger partial charge in [0.2, 0.25) is 0 Å². The first-order chi connectivity index (χ1) is 15.3. The number of fused-ring (bicyclic) bond motifs is 1. The second-order valence-electron chi connectivity index (χ2n) is 6.48. The van der Waals surface area contributed by atoms with Crippen molar-refractivity contribution < 1.29 is 40.8 Å². The highest BCUT2D eigenvalue weighted by Gasteiger charge is 2.45. The maximum atomic E-state index is 13.4. The number of halogens is 5. The second kappa shape index (κ2) is 10.2. The summed E-state index contributed by atoms with van der Waals surface area (Å²) in [5, 5.41) is -4.09. The zero-order valence-electron chi connectivity index (χ0n) is 16.0. The summed E-state index contributed by atoms with van der Waals surface area (Å²) in [6.45, 7) is -1.86. The molecule has 0 saturated heterocycles. The van der Waals surface area contributed by atoms with Gasteiger partial charge in [-0.05, 0) is 97.4 Å². The Morgan fingerprint density at radius 2 is 1.58 bits per heavy atom. The standard InChI is InChI=1S/C20H11F2I3O7S/c21-20(22,33(28,29)30)9-31-18(26)13-5-6-16(12-4-2-1-3-11(12)13)32-19(27)14-7-10(23)8-15(24)17(14)25/h1-8H,9H2,(H,28,29,30). The molecule has 1 N–H and O–H groups in total. The zero-order chi connectivity index (χ0) is 24.6. The summed E-state index contributed by atoms with van der Waals surface area (Å²) in [4.78, 5) is 25.2. The van der Waals surface area contributed by atoms with Crippen LogP contribution in [0.1, 0.15) is 20.7 Å². The Kier molecular flexibility index (Phi) is 8.17. The Balaban J connectivity index is 1.93. The molecule has 0 atom stereocenters. The van der Waals surface area contributed by atoms with Crippen LogP contribution in [0.2, 0.25) is 0 Å². The van der Waals surface area contributed by atoms with Crippen molar-refractivity contribution in [3.05, 3.63) is 70.4 Å². The fourth-order valence-electron chi connectivity index (χ4n) is 2.70. The highest BCUT2D eigenvalue weighted by atomic mass is 127. The van der Waals surface area contributed by atoms with Gasteiger partial charge in [0.1, 0.15) is 5.75 Å². The van der Waals surface area contributed by atoms with Crippen molar-refractivity contribution in [3.63, 3.8) is 0 Å². The molecule has 3 rings (SSSR count). The van der Waals surface area contributed by atoms with Gasteiger partial charge in [-0.2, -0.15) is 17.2 Å². The molecule has 3 aromatic carbocycles. The Morgan fingerprint density at radius 3 is 2.21 bits per heavy atom. The van der Waals surface area contributed by atoms with E-state index in [9.17, 15) is 26.8 Å². The van der Waals surface area contributed by atoms with Crippen molar-refractivity contribution >= 4 is 101 Å². The second-order valence-corrected chi connectivity index (χ2v) is 11.5. The summed E-state index contributed by atoms with van der Waals surface area (Å²) in [6.07, 6.45) is 0. The third-order valence-corrected chi connectivity index (χ3v) is 8.81. The lowest BCUT2D eigenvalue weighted by molar-refractivity contribution is -0.00937. The molecule has 0 aliphatic carbocycles. The van der Waals surface area contributed by atoms with Crippen LogP contribution in [-0.4, -0.2) is 36.8 Å². The normalized spacial score (nSPS) is 11.9. The van der Waals surface area contributed by atoms with E-state index in [1.165, 1.54) is 18.2 Å². The van der Waals surface area contributed by atoms with Crippen molar-refractivity contribution in [3.8, 4) is 5.75 Å². The van der Waals surface area contributed by atoms with E-state index in [-0.39, 0.29) is 16.7 Å². The number of carbonyl (C=O) groups excluding carboxylic acids is 2. The number of esters is 2. The van der Waals surface area contributed by atoms with Gasteiger partial charge >= 0.3 is 27.3 Å². The lowest BCUT2D eigenvalue weighted by Gasteiger charge is -2.15. The van der Waals surface area contributed by atoms with Gasteiger partial charge in [0.05, 0.1) is 11.1 Å². The number of hydrogen-bond acceptors (Lipinski definition) is 6. The Morgan fingerprint density at radius 1 is 0.939 bits per heavy atom. The minimum absolute atomic E-state index is 0.125. The van der Waals surface area contributed by atoms with E-state index in [1.54, 1.807) is 24.3 Å². The van der Waals surface area contributed by atoms with E-state index in [4.69, 9.17) is 9.29 Å². The molecule has 0 spiro atoms. The molecule has 0 bridgehead atoms. The molecule has 13 heteroatoms. The zero-order valence-corrected chi connectivity index (χ0v) is 23.3. The number of carbonyl (C=O) groups is 2. The average molecular weight is 814 g/mol. The molecule has 0 unspecified atom stereocenters. The Labute approximate surface area is 227 Å². The molecule has 0 amide bonds. The molecular formula is C20H11F2I3O7S. The fourth-order valence-corrected chi connectivity index (χ4v) is 5.28. The van der Waals surface area contributed by atoms with Crippen molar-refractivity contribution in [2.24, 2.45) is 0 Å². The Bertz CT molecular complexity index is 1380. The van der Waals surface area contributed by atoms with E-state index in [0.717, 1.165) is 7.14 Å². The van der Waals surface area contributed by atoms with Gasteiger partial charge in [-0.1, -0.05) is 24.3 Å². The van der Waals surface area contributed by atoms with E-state index < -0.39 is 33.9 Å². The van der Waals surface area contributed by atoms with Crippen LogP contribution in [0, 0.1) is 10.7 Å². The molecule has 0 aliphatic rings. The van der Waals surface area contributed by atoms with E-state index in [1.807, 2.05) is 28.7 Å². The molecule has 33 heavy (non-hydrogen) atoms. The summed E-state index contributed by atoms with van der Waals surface area (Å²) in [6, 6.07) is 12.3. The van der Waals surface area contributed by atoms with Crippen LogP contribution in [0.15, 0.2) is 48.5 Å². The molecule has 0 aliphatic heterocycles. The molecule has 3 aromatic rings. The first kappa shape index (κ1) is 26.4. The Hall–Kier alpha value is -1.18. The maximum Gasteiger partial charge on any atom is 0.402 e. The lowest BCUT2D eigenvalue weighted by Crippen LogP contribution is -2.34. The van der Waals surface area contributed by atoms with Crippen molar-refractivity contribution in [2.75, 3.05) is 6.61 Å². The number of benzene rings is 3. The number of ether oxygens (including phenoxy) is 2. The number of alkyl halides is 2. The molecule has 7 nitrogen and oxygen atoms in total. The maximum absolute atomic E-state index is 13.4. The topological polar surface area (TPSA) is 107 Å². The molecule has 0 fully saturated rings. The van der Waals surface area contributed by atoms with Crippen molar-refractivity contribution in [2.45, 2.75) is 5.25 Å². The van der Waals surface area contributed by atoms with Crippen LogP contribution in [-0.2, 0) is 14.9 Å². The molecule has 174 valence electrons. The lowest BCUT2D eigenvalue weighted by atomic mass is 10.0. The molecule has 0 aromatic heterocycles. The molecule has 0 heterocycles. The highest BCUT2D eigenvalue weighted by molar-refractivity contribution is 14.1. The van der Waals surface area contributed by atoms with Gasteiger partial charge in [-0.3, -0.25) is 4.55 Å². The summed E-state index contributed by atoms with van der Waals surface area (Å²) in [5.74, 6) is -1.74. The van der Waals surface area contributed by atoms with Crippen LogP contribution in [0.5, 0.6) is 5.75 Å². The summed E-state index contributed by atoms with van der Waals surface area (Å²) in [5.41, 5.74) is 0.196. The summed E-state index contributed by atoms with van der Waals surface area (Å²) in [7, 11) is -5.75. The van der Waals surface area contributed by atoms with Gasteiger partial charge in [0.15, 0.2) is 6.61 Å². The van der Waals surface area contributed by atoms with Crippen LogP contribution in [0.4, 0.5) is 8.78 Å². The number of hydrogen-bond donors (Lipinski definition) is 1. The summed E-state index contributed by atoms with van der Waals surface area (Å²) < 4.78 is 69.2. The predicted molar refractivity (Wildman–Crippen MR) is 140 cm³/mol. The predicted octanol–water partition coefficient (Wildman–Crippen LogP) is 5.51. The van der Waals surface area contributed by atoms with E-state index >= 15 is 0 Å². The van der Waals surface area contributed by atoms with Gasteiger partial charge in [0.25, 0.3) is 0 Å². The van der Waals surface area contributed by atoms with E-state index in [2.05, 4.69) is 49.9 Å². The third-order valence-electron chi connectivity index (χ3n) is 4.27. The highest BCUT2D eigenvalue weighted by Crippen LogP contribution is 2.31. The largest absolute Gasteiger partial charge is 0.454 e. The molecular weight excluding hydrogens is 803 g/mol. The third kappa shape index (κ3) is 5.91. The van der Waals surface area contributed by atoms with Crippen LogP contribution >= 0.6 is 67.8 Å². The summed E-state index contributed by atoms with van der Waals surface area (Å²) >= 11 is 6.23. The van der Waals surface area contributed by atoms with Crippen molar-refractivity contribution in [1.29, 1.82) is 0 Å². The van der Waals surface area contributed by atoms with Gasteiger partial charge in [0, 0.05) is 16.1 Å². The van der Waals surface area contributed by atoms with Crippen LogP contribution in [0.25, 0.3) is 10.8 Å². The van der Waals surface area contributed by atoms with E-state index in [0.29, 0.717) is 14.5 Å². The minimum Gasteiger partial charge on any atom is -0.454 e. The minimum atomic E-state index is -5.75. The van der Waals surface area contributed by atoms with Gasteiger partial charge < -0.3 is 9.47 Å². The first-order valence-electron chi connectivity index (χ1n) is 8.72. The van der Waals surface area contributed by atoms with Crippen LogP contribution < -0.4 is 4.74 Å². The molecule has 0 radical (unpaired) electrons. The SMILES string of the molecule is O=C(Oc1ccc(C(=O)OCC(F)(F)S(=O)(=O)O)c2ccccc12)c1cc(I)cc(I)c1I.